The Morgan fingerprint density at radius 2 is 0.706 bits per heavy atom. The van der Waals surface area contributed by atoms with Crippen molar-refractivity contribution < 1.29 is 80.5 Å². The molecule has 0 aliphatic carbocycles. The predicted octanol–water partition coefficient (Wildman–Crippen LogP) is 1.55. The molecule has 0 fully saturated rings. The zero-order valence-corrected chi connectivity index (χ0v) is 9.85. The number of hydrogen-bond donors (Lipinski definition) is 4. The van der Waals surface area contributed by atoms with Gasteiger partial charge in [0.1, 0.15) is 0 Å². The molecule has 0 aliphatic rings. The zero-order chi connectivity index (χ0) is 38.0. The van der Waals surface area contributed by atoms with Crippen molar-refractivity contribution in [3.8, 4) is 0 Å². The average molecular weight is 316 g/mol. The van der Waals surface area contributed by atoms with Gasteiger partial charge in [-0.25, -0.2) is 0 Å². The summed E-state index contributed by atoms with van der Waals surface area (Å²) in [5.41, 5.74) is 0. The molecule has 17 heavy (non-hydrogen) atoms. The first-order valence-corrected chi connectivity index (χ1v) is 2.89. The van der Waals surface area contributed by atoms with Gasteiger partial charge in [-0.2, -0.15) is 0 Å². The topological polar surface area (TPSA) is 80.9 Å². The molecule has 0 heterocycles. The van der Waals surface area contributed by atoms with Crippen LogP contribution >= 0.6 is 0 Å². The molecule has 0 bridgehead atoms. The van der Waals surface area contributed by atoms with E-state index in [0.29, 0.717) is 0 Å². The van der Waals surface area contributed by atoms with Gasteiger partial charge < -0.3 is 20.4 Å². The molecule has 0 rings (SSSR count). The summed E-state index contributed by atoms with van der Waals surface area (Å²) >= 11 is 0. The van der Waals surface area contributed by atoms with Crippen LogP contribution in [0.3, 0.4) is 0 Å². The van der Waals surface area contributed by atoms with Crippen LogP contribution < -0.4 is 0 Å². The Bertz CT molecular complexity index is 650. The van der Waals surface area contributed by atoms with Gasteiger partial charge in [-0.05, 0) is 54.8 Å². The fraction of sp³-hybridized carbons (Fsp3) is 1.00. The summed E-state index contributed by atoms with van der Waals surface area (Å²) in [6.45, 7) is -25.7. The molecule has 0 saturated carbocycles. The molecule has 0 unspecified atom stereocenters. The molecule has 5 heteroatoms. The van der Waals surface area contributed by atoms with Crippen molar-refractivity contribution in [3.63, 3.8) is 0 Å². The molecule has 108 valence electrons. The molecule has 4 nitrogen and oxygen atoms in total. The van der Waals surface area contributed by atoms with Gasteiger partial charge in [-0.15, -0.1) is 0 Å². The zero-order valence-electron chi connectivity index (χ0n) is 36.3. The minimum absolute atomic E-state index is 0. The van der Waals surface area contributed by atoms with E-state index in [0.717, 1.165) is 0 Å². The van der Waals surface area contributed by atoms with Crippen molar-refractivity contribution in [2.75, 3.05) is 0 Å². The van der Waals surface area contributed by atoms with E-state index in [1.165, 1.54) is 0 Å². The molecule has 0 saturated heterocycles. The van der Waals surface area contributed by atoms with Crippen molar-refractivity contribution in [2.45, 2.75) is 79.1 Å². The number of hydrogen-bond acceptors (Lipinski definition) is 4. The Labute approximate surface area is 161 Å². The van der Waals surface area contributed by atoms with Gasteiger partial charge in [0.2, 0.25) is 0 Å². The third-order valence-electron chi connectivity index (χ3n) is 0. The van der Waals surface area contributed by atoms with E-state index in [9.17, 15) is 0 Å². The van der Waals surface area contributed by atoms with E-state index in [1.807, 2.05) is 0 Å². The summed E-state index contributed by atoms with van der Waals surface area (Å²) in [5.74, 6) is 0. The van der Waals surface area contributed by atoms with Gasteiger partial charge in [0.25, 0.3) is 0 Å². The Balaban J connectivity index is -0.000000157. The molecule has 0 aromatic rings. The van der Waals surface area contributed by atoms with Crippen molar-refractivity contribution in [1.29, 1.82) is 0 Å². The molecule has 0 aromatic heterocycles. The molecule has 0 spiro atoms. The monoisotopic (exact) mass is 316 g/mol. The van der Waals surface area contributed by atoms with Crippen LogP contribution in [0.1, 0.15) is 93.2 Å². The molecule has 0 aliphatic heterocycles. The Morgan fingerprint density at radius 1 is 0.588 bits per heavy atom. The van der Waals surface area contributed by atoms with Gasteiger partial charge in [-0.3, -0.25) is 0 Å². The molecule has 4 N–H and O–H groups in total. The first-order chi connectivity index (χ1) is 18.0. The quantitative estimate of drug-likeness (QED) is 0.511. The van der Waals surface area contributed by atoms with Crippen LogP contribution in [-0.2, 0) is 21.7 Å². The van der Waals surface area contributed by atoms with Crippen LogP contribution in [0.2, 0.25) is 0 Å². The van der Waals surface area contributed by atoms with Crippen LogP contribution in [0.15, 0.2) is 0 Å². The maximum absolute atomic E-state index is 8.73. The fourth-order valence-corrected chi connectivity index (χ4v) is 0. The van der Waals surface area contributed by atoms with Crippen molar-refractivity contribution in [1.82, 2.24) is 0 Å². The van der Waals surface area contributed by atoms with Crippen LogP contribution in [0.25, 0.3) is 0 Å². The first kappa shape index (κ1) is 2.93. The second-order valence-corrected chi connectivity index (χ2v) is 1.39. The molecule has 0 amide bonds. The predicted molar refractivity (Wildman–Crippen MR) is 69.4 cm³/mol. The summed E-state index contributed by atoms with van der Waals surface area (Å²) in [7, 11) is 0. The minimum Gasteiger partial charge on any atom is -0.394 e. The Kier molecular flexibility index (Phi) is 4.37. The van der Waals surface area contributed by atoms with Crippen LogP contribution in [0, 0.1) is 0 Å². The SMILES string of the molecule is [2H]C([2H])([2H])C([2H])(O)C([2H])([2H])[2H].[2H]C([2H])([2H])C([2H])(O)C([2H])([2H])[2H].[2H]C([2H])([2H])C([2H])(O)C([2H])([2H])[2H].[2H]C([2H])([2H])C([2H])(O)C([2H])([2H])[2H].[Ti]. The van der Waals surface area contributed by atoms with Gasteiger partial charge in [0.15, 0.2) is 0 Å². The van der Waals surface area contributed by atoms with Gasteiger partial charge in [-0.1, -0.05) is 0 Å². The molecule has 0 aromatic carbocycles. The summed E-state index contributed by atoms with van der Waals surface area (Å²) < 4.78 is 183. The van der Waals surface area contributed by atoms with Crippen LogP contribution in [0.5, 0.6) is 0 Å². The molecular formula is C12H32O4Ti. The van der Waals surface area contributed by atoms with Crippen molar-refractivity contribution >= 4 is 0 Å². The van der Waals surface area contributed by atoms with Crippen LogP contribution in [-0.4, -0.2) is 44.7 Å². The summed E-state index contributed by atoms with van der Waals surface area (Å²) in [6.07, 6.45) is -13.5. The third-order valence-corrected chi connectivity index (χ3v) is 0. The second-order valence-electron chi connectivity index (χ2n) is 1.39. The smallest absolute Gasteiger partial charge is 0.0594 e. The van der Waals surface area contributed by atoms with Gasteiger partial charge in [0, 0.05) is 78.9 Å². The Hall–Kier alpha value is 0.554. The number of rotatable bonds is 0. The van der Waals surface area contributed by atoms with E-state index in [-0.39, 0.29) is 21.7 Å². The van der Waals surface area contributed by atoms with Crippen molar-refractivity contribution in [3.05, 3.63) is 0 Å². The Morgan fingerprint density at radius 3 is 0.706 bits per heavy atom. The van der Waals surface area contributed by atoms with E-state index in [2.05, 4.69) is 0 Å². The van der Waals surface area contributed by atoms with Gasteiger partial charge in [0.05, 0.1) is 5.48 Å². The summed E-state index contributed by atoms with van der Waals surface area (Å²) in [4.78, 5) is 0. The normalized spacial score (nSPS) is 41.2. The van der Waals surface area contributed by atoms with E-state index < -0.39 is 79.1 Å². The number of aliphatic hydroxyl groups is 4. The van der Waals surface area contributed by atoms with E-state index in [1.54, 1.807) is 0 Å². The fourth-order valence-electron chi connectivity index (χ4n) is 0. The largest absolute Gasteiger partial charge is 0.394 e. The third kappa shape index (κ3) is 11400. The maximum Gasteiger partial charge on any atom is 0.0594 e. The molecule has 0 radical (unpaired) electrons. The standard InChI is InChI=1S/4C3H8O.Ti/c4*1-3(2)4;/h4*3-4H,1-2H3;/i4*1D3,2D3,3D;. The van der Waals surface area contributed by atoms with Crippen LogP contribution in [0.4, 0.5) is 0 Å². The first-order valence-electron chi connectivity index (χ1n) is 16.9. The molecular weight excluding hydrogens is 256 g/mol. The second kappa shape index (κ2) is 25.4. The van der Waals surface area contributed by atoms with E-state index in [4.69, 9.17) is 58.8 Å². The molecule has 0 atom stereocenters. The van der Waals surface area contributed by atoms with E-state index >= 15 is 0 Å². The summed E-state index contributed by atoms with van der Waals surface area (Å²) in [5, 5.41) is 34.9. The maximum atomic E-state index is 8.73. The average Bonchev–Trinajstić information content (AvgIpc) is 2.62. The summed E-state index contributed by atoms with van der Waals surface area (Å²) in [6, 6.07) is 0. The minimum atomic E-state index is -3.38. The van der Waals surface area contributed by atoms with Crippen molar-refractivity contribution in [2.24, 2.45) is 0 Å². The van der Waals surface area contributed by atoms with Gasteiger partial charge >= 0.3 is 0 Å².